The summed E-state index contributed by atoms with van der Waals surface area (Å²) in [6.45, 7) is 6.51. The van der Waals surface area contributed by atoms with Crippen LogP contribution in [0.25, 0.3) is 0 Å². The van der Waals surface area contributed by atoms with Gasteiger partial charge in [0.15, 0.2) is 5.96 Å². The molecule has 1 saturated carbocycles. The normalized spacial score (nSPS) is 16.2. The molecule has 1 aliphatic rings. The van der Waals surface area contributed by atoms with Crippen LogP contribution in [0.2, 0.25) is 0 Å². The van der Waals surface area contributed by atoms with Crippen LogP contribution in [0.3, 0.4) is 0 Å². The van der Waals surface area contributed by atoms with Crippen molar-refractivity contribution in [3.8, 4) is 0 Å². The maximum absolute atomic E-state index is 12.1. The summed E-state index contributed by atoms with van der Waals surface area (Å²) in [5.41, 5.74) is 0.628. The molecule has 29 heavy (non-hydrogen) atoms. The average Bonchev–Trinajstić information content (AvgIpc) is 3.01. The van der Waals surface area contributed by atoms with E-state index < -0.39 is 10.0 Å². The SMILES string of the molecule is CCOC(=O)c1sc(C(C)NC(=NC)NCCS(=O)(=O)NCC2CCC2)nc1C. The quantitative estimate of drug-likeness (QED) is 0.284. The van der Waals surface area contributed by atoms with Crippen molar-refractivity contribution < 1.29 is 17.9 Å². The number of ether oxygens (including phenoxy) is 1. The van der Waals surface area contributed by atoms with Crippen molar-refractivity contribution in [3.63, 3.8) is 0 Å². The second-order valence-electron chi connectivity index (χ2n) is 7.02. The van der Waals surface area contributed by atoms with E-state index in [1.165, 1.54) is 17.8 Å². The fourth-order valence-corrected chi connectivity index (χ4v) is 4.74. The first-order chi connectivity index (χ1) is 13.8. The predicted molar refractivity (Wildman–Crippen MR) is 115 cm³/mol. The Kier molecular flexibility index (Phi) is 8.84. The Hall–Kier alpha value is -1.72. The number of carbonyl (C=O) groups excluding carboxylic acids is 1. The van der Waals surface area contributed by atoms with Gasteiger partial charge in [-0.05, 0) is 39.5 Å². The number of aryl methyl sites for hydroxylation is 1. The average molecular weight is 446 g/mol. The number of rotatable bonds is 10. The van der Waals surface area contributed by atoms with E-state index in [0.29, 0.717) is 35.6 Å². The molecule has 11 heteroatoms. The number of nitrogens with one attached hydrogen (secondary N) is 3. The van der Waals surface area contributed by atoms with E-state index in [4.69, 9.17) is 4.74 Å². The lowest BCUT2D eigenvalue weighted by atomic mass is 9.86. The van der Waals surface area contributed by atoms with Crippen molar-refractivity contribution in [1.29, 1.82) is 0 Å². The first-order valence-electron chi connectivity index (χ1n) is 9.84. The van der Waals surface area contributed by atoms with Gasteiger partial charge in [0.25, 0.3) is 0 Å². The minimum atomic E-state index is -3.31. The number of hydrogen-bond acceptors (Lipinski definition) is 7. The third kappa shape index (κ3) is 7.23. The van der Waals surface area contributed by atoms with Crippen LogP contribution < -0.4 is 15.4 Å². The van der Waals surface area contributed by atoms with Gasteiger partial charge in [0, 0.05) is 20.1 Å². The molecule has 0 saturated heterocycles. The smallest absolute Gasteiger partial charge is 0.350 e. The van der Waals surface area contributed by atoms with Crippen LogP contribution in [-0.4, -0.2) is 57.8 Å². The maximum Gasteiger partial charge on any atom is 0.350 e. The van der Waals surface area contributed by atoms with Crippen LogP contribution in [0.5, 0.6) is 0 Å². The zero-order chi connectivity index (χ0) is 21.4. The minimum Gasteiger partial charge on any atom is -0.462 e. The Morgan fingerprint density at radius 3 is 2.72 bits per heavy atom. The molecule has 1 aromatic rings. The van der Waals surface area contributed by atoms with Gasteiger partial charge in [-0.2, -0.15) is 0 Å². The summed E-state index contributed by atoms with van der Waals surface area (Å²) < 4.78 is 31.9. The van der Waals surface area contributed by atoms with Gasteiger partial charge < -0.3 is 15.4 Å². The molecule has 0 amide bonds. The standard InChI is InChI=1S/C18H31N5O4S2/c1-5-27-17(24)15-12(2)22-16(28-15)13(3)23-18(19-4)20-9-10-29(25,26)21-11-14-7-6-8-14/h13-14,21H,5-11H2,1-4H3,(H2,19,20,23). The topological polar surface area (TPSA) is 122 Å². The summed E-state index contributed by atoms with van der Waals surface area (Å²) in [6.07, 6.45) is 3.39. The Bertz CT molecular complexity index is 818. The van der Waals surface area contributed by atoms with Crippen LogP contribution in [0.4, 0.5) is 0 Å². The fraction of sp³-hybridized carbons (Fsp3) is 0.722. The number of guanidine groups is 1. The summed E-state index contributed by atoms with van der Waals surface area (Å²) in [5.74, 6) is 0.549. The lowest BCUT2D eigenvalue weighted by Gasteiger charge is -2.25. The molecule has 0 aliphatic heterocycles. The van der Waals surface area contributed by atoms with Crippen LogP contribution in [0, 0.1) is 12.8 Å². The van der Waals surface area contributed by atoms with Crippen molar-refractivity contribution in [3.05, 3.63) is 15.6 Å². The van der Waals surface area contributed by atoms with Gasteiger partial charge in [-0.25, -0.2) is 22.9 Å². The molecule has 9 nitrogen and oxygen atoms in total. The summed E-state index contributed by atoms with van der Waals surface area (Å²) in [7, 11) is -1.70. The van der Waals surface area contributed by atoms with Crippen molar-refractivity contribution in [2.75, 3.05) is 32.5 Å². The first-order valence-corrected chi connectivity index (χ1v) is 12.3. The largest absolute Gasteiger partial charge is 0.462 e. The van der Waals surface area contributed by atoms with E-state index in [0.717, 1.165) is 17.8 Å². The van der Waals surface area contributed by atoms with E-state index in [2.05, 4.69) is 25.3 Å². The van der Waals surface area contributed by atoms with Gasteiger partial charge >= 0.3 is 5.97 Å². The van der Waals surface area contributed by atoms with Gasteiger partial charge in [-0.1, -0.05) is 6.42 Å². The monoisotopic (exact) mass is 445 g/mol. The maximum atomic E-state index is 12.1. The van der Waals surface area contributed by atoms with Gasteiger partial charge in [0.05, 0.1) is 24.1 Å². The number of sulfonamides is 1. The molecule has 1 fully saturated rings. The van der Waals surface area contributed by atoms with Crippen molar-refractivity contribution >= 4 is 33.3 Å². The van der Waals surface area contributed by atoms with Gasteiger partial charge in [-0.3, -0.25) is 4.99 Å². The third-order valence-electron chi connectivity index (χ3n) is 4.70. The zero-order valence-electron chi connectivity index (χ0n) is 17.4. The summed E-state index contributed by atoms with van der Waals surface area (Å²) >= 11 is 1.28. The molecule has 0 bridgehead atoms. The highest BCUT2D eigenvalue weighted by atomic mass is 32.2. The van der Waals surface area contributed by atoms with Crippen molar-refractivity contribution in [1.82, 2.24) is 20.3 Å². The predicted octanol–water partition coefficient (Wildman–Crippen LogP) is 1.57. The van der Waals surface area contributed by atoms with Gasteiger partial charge in [0.2, 0.25) is 10.0 Å². The molecular weight excluding hydrogens is 414 g/mol. The van der Waals surface area contributed by atoms with E-state index in [9.17, 15) is 13.2 Å². The molecular formula is C18H31N5O4S2. The molecule has 164 valence electrons. The fourth-order valence-electron chi connectivity index (χ4n) is 2.77. The van der Waals surface area contributed by atoms with Crippen LogP contribution in [0.1, 0.15) is 59.5 Å². The highest BCUT2D eigenvalue weighted by Gasteiger charge is 2.21. The molecule has 1 heterocycles. The first kappa shape index (κ1) is 23.6. The van der Waals surface area contributed by atoms with Gasteiger partial charge in [-0.15, -0.1) is 11.3 Å². The summed E-state index contributed by atoms with van der Waals surface area (Å²) in [6, 6.07) is -0.207. The highest BCUT2D eigenvalue weighted by molar-refractivity contribution is 7.89. The zero-order valence-corrected chi connectivity index (χ0v) is 19.1. The van der Waals surface area contributed by atoms with Crippen LogP contribution in [-0.2, 0) is 14.8 Å². The number of hydrogen-bond donors (Lipinski definition) is 3. The van der Waals surface area contributed by atoms with Crippen LogP contribution >= 0.6 is 11.3 Å². The number of esters is 1. The minimum absolute atomic E-state index is 0.0296. The Morgan fingerprint density at radius 2 is 2.14 bits per heavy atom. The Balaban J connectivity index is 1.83. The highest BCUT2D eigenvalue weighted by Crippen LogP contribution is 2.25. The van der Waals surface area contributed by atoms with E-state index in [1.54, 1.807) is 20.9 Å². The lowest BCUT2D eigenvalue weighted by molar-refractivity contribution is 0.0531. The number of aliphatic imine (C=N–C) groups is 1. The molecule has 3 N–H and O–H groups in total. The molecule has 0 radical (unpaired) electrons. The molecule has 1 aliphatic carbocycles. The van der Waals surface area contributed by atoms with E-state index >= 15 is 0 Å². The summed E-state index contributed by atoms with van der Waals surface area (Å²) in [4.78, 5) is 21.0. The third-order valence-corrected chi connectivity index (χ3v) is 7.37. The number of aromatic nitrogens is 1. The second kappa shape index (κ2) is 10.9. The van der Waals surface area contributed by atoms with Crippen LogP contribution in [0.15, 0.2) is 4.99 Å². The molecule has 2 rings (SSSR count). The second-order valence-corrected chi connectivity index (χ2v) is 9.97. The van der Waals surface area contributed by atoms with Crippen molar-refractivity contribution in [2.45, 2.75) is 46.1 Å². The lowest BCUT2D eigenvalue weighted by Crippen LogP contribution is -2.42. The number of thiazole rings is 1. The number of nitrogens with zero attached hydrogens (tertiary/aromatic N) is 2. The Labute approximate surface area is 176 Å². The molecule has 0 spiro atoms. The van der Waals surface area contributed by atoms with Crippen molar-refractivity contribution in [2.24, 2.45) is 10.9 Å². The summed E-state index contributed by atoms with van der Waals surface area (Å²) in [5, 5.41) is 6.91. The van der Waals surface area contributed by atoms with Gasteiger partial charge in [0.1, 0.15) is 9.88 Å². The molecule has 1 atom stereocenters. The Morgan fingerprint density at radius 1 is 1.41 bits per heavy atom. The van der Waals surface area contributed by atoms with E-state index in [-0.39, 0.29) is 24.3 Å². The molecule has 1 aromatic heterocycles. The van der Waals surface area contributed by atoms with E-state index in [1.807, 2.05) is 6.92 Å². The molecule has 1 unspecified atom stereocenters. The number of carbonyl (C=O) groups is 1. The molecule has 0 aromatic carbocycles.